The minimum atomic E-state index is -1.17. The van der Waals surface area contributed by atoms with Crippen LogP contribution in [0.1, 0.15) is 63.5 Å². The average Bonchev–Trinajstić information content (AvgIpc) is 2.37. The van der Waals surface area contributed by atoms with Gasteiger partial charge in [0.15, 0.2) is 11.6 Å². The molecule has 1 nitrogen and oxygen atoms in total. The van der Waals surface area contributed by atoms with Crippen LogP contribution in [0.3, 0.4) is 0 Å². The van der Waals surface area contributed by atoms with Gasteiger partial charge in [0, 0.05) is 17.7 Å². The molecule has 1 aromatic carbocycles. The van der Waals surface area contributed by atoms with Crippen LogP contribution in [-0.4, -0.2) is 0 Å². The topological polar surface area (TPSA) is 26.0 Å². The van der Waals surface area contributed by atoms with Crippen LogP contribution in [0.2, 0.25) is 0 Å². The number of benzene rings is 1. The molecular formula is C15H22F3N. The molecule has 19 heavy (non-hydrogen) atoms. The van der Waals surface area contributed by atoms with Crippen molar-refractivity contribution in [2.45, 2.75) is 57.9 Å². The summed E-state index contributed by atoms with van der Waals surface area (Å²) >= 11 is 0. The molecule has 1 atom stereocenters. The predicted octanol–water partition coefficient (Wildman–Crippen LogP) is 4.85. The van der Waals surface area contributed by atoms with Gasteiger partial charge in [-0.1, -0.05) is 45.4 Å². The lowest BCUT2D eigenvalue weighted by Crippen LogP contribution is -2.13. The number of unbranched alkanes of at least 4 members (excludes halogenated alkanes) is 5. The van der Waals surface area contributed by atoms with Gasteiger partial charge in [-0.2, -0.15) is 0 Å². The first-order chi connectivity index (χ1) is 9.06. The van der Waals surface area contributed by atoms with Crippen molar-refractivity contribution in [1.29, 1.82) is 0 Å². The van der Waals surface area contributed by atoms with Crippen LogP contribution in [0.5, 0.6) is 0 Å². The summed E-state index contributed by atoms with van der Waals surface area (Å²) in [7, 11) is 0. The number of nitrogens with two attached hydrogens (primary N) is 1. The molecule has 0 aliphatic rings. The highest BCUT2D eigenvalue weighted by Gasteiger charge is 2.15. The van der Waals surface area contributed by atoms with Crippen molar-refractivity contribution in [3.8, 4) is 0 Å². The fourth-order valence-corrected chi connectivity index (χ4v) is 2.12. The Kier molecular flexibility index (Phi) is 6.92. The van der Waals surface area contributed by atoms with E-state index in [0.717, 1.165) is 25.3 Å². The lowest BCUT2D eigenvalue weighted by atomic mass is 9.99. The molecule has 0 aliphatic carbocycles. The first kappa shape index (κ1) is 16.0. The van der Waals surface area contributed by atoms with Crippen LogP contribution in [-0.2, 0) is 0 Å². The maximum atomic E-state index is 13.5. The highest BCUT2D eigenvalue weighted by atomic mass is 19.2. The quantitative estimate of drug-likeness (QED) is 0.531. The second kappa shape index (κ2) is 8.20. The molecule has 0 fully saturated rings. The van der Waals surface area contributed by atoms with E-state index in [0.29, 0.717) is 12.5 Å². The minimum Gasteiger partial charge on any atom is -0.324 e. The average molecular weight is 273 g/mol. The Balaban J connectivity index is 2.41. The van der Waals surface area contributed by atoms with E-state index >= 15 is 0 Å². The Morgan fingerprint density at radius 1 is 0.895 bits per heavy atom. The molecular weight excluding hydrogens is 251 g/mol. The Labute approximate surface area is 113 Å². The fourth-order valence-electron chi connectivity index (χ4n) is 2.12. The summed E-state index contributed by atoms with van der Waals surface area (Å²) in [6, 6.07) is 0.860. The Morgan fingerprint density at radius 3 is 2.16 bits per heavy atom. The zero-order valence-corrected chi connectivity index (χ0v) is 11.4. The molecule has 0 heterocycles. The first-order valence-corrected chi connectivity index (χ1v) is 6.96. The van der Waals surface area contributed by atoms with Crippen molar-refractivity contribution < 1.29 is 13.2 Å². The summed E-state index contributed by atoms with van der Waals surface area (Å²) in [5.41, 5.74) is 5.89. The van der Waals surface area contributed by atoms with E-state index < -0.39 is 23.5 Å². The molecule has 2 N–H and O–H groups in total. The number of halogens is 3. The van der Waals surface area contributed by atoms with E-state index in [-0.39, 0.29) is 5.56 Å². The molecule has 1 aromatic rings. The fraction of sp³-hybridized carbons (Fsp3) is 0.600. The minimum absolute atomic E-state index is 0.0625. The lowest BCUT2D eigenvalue weighted by Gasteiger charge is -2.13. The van der Waals surface area contributed by atoms with Gasteiger partial charge in [-0.25, -0.2) is 13.2 Å². The van der Waals surface area contributed by atoms with Gasteiger partial charge >= 0.3 is 0 Å². The molecule has 0 radical (unpaired) electrons. The van der Waals surface area contributed by atoms with Crippen LogP contribution in [0.15, 0.2) is 12.1 Å². The van der Waals surface area contributed by atoms with Gasteiger partial charge in [0.25, 0.3) is 0 Å². The van der Waals surface area contributed by atoms with Gasteiger partial charge in [-0.15, -0.1) is 0 Å². The zero-order valence-electron chi connectivity index (χ0n) is 11.4. The van der Waals surface area contributed by atoms with Gasteiger partial charge in [0.05, 0.1) is 0 Å². The van der Waals surface area contributed by atoms with Crippen molar-refractivity contribution >= 4 is 0 Å². The Morgan fingerprint density at radius 2 is 1.47 bits per heavy atom. The molecule has 0 bridgehead atoms. The first-order valence-electron chi connectivity index (χ1n) is 6.96. The van der Waals surface area contributed by atoms with Crippen LogP contribution in [0, 0.1) is 17.5 Å². The van der Waals surface area contributed by atoms with Crippen LogP contribution in [0.25, 0.3) is 0 Å². The second-order valence-corrected chi connectivity index (χ2v) is 4.95. The number of rotatable bonds is 8. The van der Waals surface area contributed by atoms with E-state index in [1.54, 1.807) is 0 Å². The molecule has 108 valence electrons. The van der Waals surface area contributed by atoms with Gasteiger partial charge in [-0.3, -0.25) is 0 Å². The highest BCUT2D eigenvalue weighted by molar-refractivity contribution is 5.23. The summed E-state index contributed by atoms with van der Waals surface area (Å²) in [4.78, 5) is 0. The summed E-state index contributed by atoms with van der Waals surface area (Å²) < 4.78 is 39.3. The number of hydrogen-bond acceptors (Lipinski definition) is 1. The van der Waals surface area contributed by atoms with E-state index in [1.165, 1.54) is 19.3 Å². The normalized spacial score (nSPS) is 12.7. The summed E-state index contributed by atoms with van der Waals surface area (Å²) in [5, 5.41) is 0. The number of hydrogen-bond donors (Lipinski definition) is 1. The monoisotopic (exact) mass is 273 g/mol. The second-order valence-electron chi connectivity index (χ2n) is 4.95. The standard InChI is InChI=1S/C15H22F3N/c1-2-3-4-5-6-7-8-15(19)11-9-13(17)14(18)10-12(11)16/h9-10,15H,2-8,19H2,1H3. The molecule has 0 aromatic heterocycles. The molecule has 0 spiro atoms. The third-order valence-corrected chi connectivity index (χ3v) is 3.31. The van der Waals surface area contributed by atoms with Crippen LogP contribution >= 0.6 is 0 Å². The summed E-state index contributed by atoms with van der Waals surface area (Å²) in [6.07, 6.45) is 7.27. The van der Waals surface area contributed by atoms with Crippen molar-refractivity contribution in [3.63, 3.8) is 0 Å². The smallest absolute Gasteiger partial charge is 0.161 e. The third-order valence-electron chi connectivity index (χ3n) is 3.31. The Hall–Kier alpha value is -1.03. The Bertz CT molecular complexity index is 393. The largest absolute Gasteiger partial charge is 0.324 e. The van der Waals surface area contributed by atoms with Crippen molar-refractivity contribution in [2.24, 2.45) is 5.73 Å². The van der Waals surface area contributed by atoms with Gasteiger partial charge in [0.1, 0.15) is 5.82 Å². The SMILES string of the molecule is CCCCCCCCC(N)c1cc(F)c(F)cc1F. The molecule has 1 rings (SSSR count). The van der Waals surface area contributed by atoms with Gasteiger partial charge < -0.3 is 5.73 Å². The van der Waals surface area contributed by atoms with Crippen molar-refractivity contribution in [2.75, 3.05) is 0 Å². The van der Waals surface area contributed by atoms with Gasteiger partial charge in [-0.05, 0) is 12.5 Å². The van der Waals surface area contributed by atoms with Crippen molar-refractivity contribution in [3.05, 3.63) is 35.1 Å². The van der Waals surface area contributed by atoms with E-state index in [1.807, 2.05) is 0 Å². The zero-order chi connectivity index (χ0) is 14.3. The third kappa shape index (κ3) is 5.23. The summed E-state index contributed by atoms with van der Waals surface area (Å²) in [5.74, 6) is -2.99. The van der Waals surface area contributed by atoms with E-state index in [2.05, 4.69) is 6.92 Å². The maximum Gasteiger partial charge on any atom is 0.161 e. The van der Waals surface area contributed by atoms with Gasteiger partial charge in [0.2, 0.25) is 0 Å². The molecule has 0 saturated heterocycles. The van der Waals surface area contributed by atoms with E-state index in [9.17, 15) is 13.2 Å². The predicted molar refractivity (Wildman–Crippen MR) is 71.2 cm³/mol. The van der Waals surface area contributed by atoms with E-state index in [4.69, 9.17) is 5.73 Å². The molecule has 0 aliphatic heterocycles. The maximum absolute atomic E-state index is 13.5. The lowest BCUT2D eigenvalue weighted by molar-refractivity contribution is 0.476. The van der Waals surface area contributed by atoms with Crippen LogP contribution < -0.4 is 5.73 Å². The molecule has 1 unspecified atom stereocenters. The summed E-state index contributed by atoms with van der Waals surface area (Å²) in [6.45, 7) is 2.15. The highest BCUT2D eigenvalue weighted by Crippen LogP contribution is 2.23. The molecule has 0 saturated carbocycles. The molecule has 4 heteroatoms. The van der Waals surface area contributed by atoms with Crippen LogP contribution in [0.4, 0.5) is 13.2 Å². The van der Waals surface area contributed by atoms with Crippen molar-refractivity contribution in [1.82, 2.24) is 0 Å². The molecule has 0 amide bonds.